The number of rotatable bonds is 7. The van der Waals surface area contributed by atoms with E-state index in [1.165, 1.54) is 11.0 Å². The Balaban J connectivity index is 0.00000450. The van der Waals surface area contributed by atoms with Crippen LogP contribution in [0.4, 0.5) is 13.2 Å². The Morgan fingerprint density at radius 2 is 1.97 bits per heavy atom. The van der Waals surface area contributed by atoms with Gasteiger partial charge < -0.3 is 20.0 Å². The number of guanidine groups is 1. The van der Waals surface area contributed by atoms with Gasteiger partial charge >= 0.3 is 6.18 Å². The highest BCUT2D eigenvalue weighted by Gasteiger charge is 2.30. The van der Waals surface area contributed by atoms with Crippen molar-refractivity contribution in [2.24, 2.45) is 4.99 Å². The van der Waals surface area contributed by atoms with Crippen LogP contribution in [0.15, 0.2) is 52.1 Å². The second-order valence-corrected chi connectivity index (χ2v) is 6.70. The van der Waals surface area contributed by atoms with Crippen LogP contribution in [0, 0.1) is 0 Å². The van der Waals surface area contributed by atoms with Crippen LogP contribution >= 0.6 is 24.0 Å². The lowest BCUT2D eigenvalue weighted by Crippen LogP contribution is -2.40. The summed E-state index contributed by atoms with van der Waals surface area (Å²) in [7, 11) is 3.25. The summed E-state index contributed by atoms with van der Waals surface area (Å²) in [5.74, 6) is 0.924. The number of hydrogen-bond donors (Lipinski definition) is 2. The van der Waals surface area contributed by atoms with E-state index in [0.717, 1.165) is 17.9 Å². The fourth-order valence-corrected chi connectivity index (χ4v) is 2.47. The van der Waals surface area contributed by atoms with Crippen molar-refractivity contribution < 1.29 is 22.4 Å². The van der Waals surface area contributed by atoms with E-state index in [4.69, 9.17) is 4.42 Å². The lowest BCUT2D eigenvalue weighted by molar-refractivity contribution is -0.137. The maximum atomic E-state index is 13.0. The standard InChI is InChI=1S/C20H25F3N4O2.HI/c1-14(15-6-4-7-16(12-15)20(21,22)23)26-19(25-13-18(28)27(2)3)24-10-9-17-8-5-11-29-17;/h4-8,11-12,14H,9-10,13H2,1-3H3,(H2,24,25,26);1H. The molecule has 30 heavy (non-hydrogen) atoms. The van der Waals surface area contributed by atoms with E-state index in [0.29, 0.717) is 24.5 Å². The molecule has 166 valence electrons. The molecule has 1 amide bonds. The van der Waals surface area contributed by atoms with Gasteiger partial charge in [0.05, 0.1) is 17.9 Å². The predicted molar refractivity (Wildman–Crippen MR) is 120 cm³/mol. The van der Waals surface area contributed by atoms with Crippen molar-refractivity contribution in [3.05, 3.63) is 59.5 Å². The molecule has 1 heterocycles. The third-order valence-electron chi connectivity index (χ3n) is 4.18. The van der Waals surface area contributed by atoms with Gasteiger partial charge in [0.1, 0.15) is 12.3 Å². The Kier molecular flexibility index (Phi) is 10.2. The molecule has 0 saturated carbocycles. The highest BCUT2D eigenvalue weighted by molar-refractivity contribution is 14.0. The Morgan fingerprint density at radius 3 is 2.57 bits per heavy atom. The zero-order valence-corrected chi connectivity index (χ0v) is 19.3. The molecule has 1 aromatic heterocycles. The Hall–Kier alpha value is -2.24. The molecule has 0 spiro atoms. The smallest absolute Gasteiger partial charge is 0.416 e. The summed E-state index contributed by atoms with van der Waals surface area (Å²) in [5, 5.41) is 6.14. The van der Waals surface area contributed by atoms with Gasteiger partial charge in [-0.05, 0) is 36.8 Å². The van der Waals surface area contributed by atoms with E-state index in [9.17, 15) is 18.0 Å². The minimum atomic E-state index is -4.41. The Bertz CT molecular complexity index is 824. The van der Waals surface area contributed by atoms with E-state index in [-0.39, 0.29) is 36.4 Å². The maximum absolute atomic E-state index is 13.0. The largest absolute Gasteiger partial charge is 0.469 e. The summed E-state index contributed by atoms with van der Waals surface area (Å²) in [6.45, 7) is 2.12. The third kappa shape index (κ3) is 8.25. The molecule has 0 aliphatic heterocycles. The van der Waals surface area contributed by atoms with Gasteiger partial charge in [-0.25, -0.2) is 4.99 Å². The van der Waals surface area contributed by atoms with Gasteiger partial charge in [-0.1, -0.05) is 12.1 Å². The third-order valence-corrected chi connectivity index (χ3v) is 4.18. The molecular formula is C20H26F3IN4O2. The molecule has 2 N–H and O–H groups in total. The average molecular weight is 538 g/mol. The topological polar surface area (TPSA) is 69.9 Å². The van der Waals surface area contributed by atoms with Crippen molar-refractivity contribution in [2.45, 2.75) is 25.6 Å². The van der Waals surface area contributed by atoms with Crippen LogP contribution in [-0.2, 0) is 17.4 Å². The summed E-state index contributed by atoms with van der Waals surface area (Å²) in [6.07, 6.45) is -2.24. The number of nitrogens with zero attached hydrogens (tertiary/aromatic N) is 2. The molecule has 2 rings (SSSR count). The van der Waals surface area contributed by atoms with E-state index in [2.05, 4.69) is 15.6 Å². The molecule has 0 saturated heterocycles. The van der Waals surface area contributed by atoms with Crippen molar-refractivity contribution in [2.75, 3.05) is 27.2 Å². The Labute approximate surface area is 190 Å². The molecule has 6 nitrogen and oxygen atoms in total. The van der Waals surface area contributed by atoms with Crippen molar-refractivity contribution in [1.29, 1.82) is 0 Å². The quantitative estimate of drug-likeness (QED) is 0.320. The second kappa shape index (κ2) is 11.8. The first-order chi connectivity index (χ1) is 13.7. The summed E-state index contributed by atoms with van der Waals surface area (Å²) in [5.41, 5.74) is -0.255. The fourth-order valence-electron chi connectivity index (χ4n) is 2.47. The van der Waals surface area contributed by atoms with Crippen molar-refractivity contribution in [1.82, 2.24) is 15.5 Å². The number of hydrogen-bond acceptors (Lipinski definition) is 3. The molecule has 1 unspecified atom stereocenters. The fraction of sp³-hybridized carbons (Fsp3) is 0.400. The predicted octanol–water partition coefficient (Wildman–Crippen LogP) is 3.84. The number of likely N-dealkylation sites (N-methyl/N-ethyl adjacent to an activating group) is 1. The van der Waals surface area contributed by atoms with E-state index in [1.54, 1.807) is 39.4 Å². The molecule has 0 aliphatic rings. The summed E-state index contributed by atoms with van der Waals surface area (Å²) < 4.78 is 44.2. The van der Waals surface area contributed by atoms with Crippen molar-refractivity contribution in [3.63, 3.8) is 0 Å². The van der Waals surface area contributed by atoms with Crippen LogP contribution < -0.4 is 10.6 Å². The summed E-state index contributed by atoms with van der Waals surface area (Å²) in [4.78, 5) is 17.5. The minimum absolute atomic E-state index is 0. The lowest BCUT2D eigenvalue weighted by atomic mass is 10.1. The van der Waals surface area contributed by atoms with Crippen LogP contribution in [0.1, 0.15) is 29.9 Å². The number of benzene rings is 1. The first kappa shape index (κ1) is 25.8. The second-order valence-electron chi connectivity index (χ2n) is 6.70. The lowest BCUT2D eigenvalue weighted by Gasteiger charge is -2.20. The van der Waals surface area contributed by atoms with Gasteiger partial charge in [-0.2, -0.15) is 13.2 Å². The van der Waals surface area contributed by atoms with Crippen LogP contribution in [0.5, 0.6) is 0 Å². The van der Waals surface area contributed by atoms with Crippen LogP contribution in [-0.4, -0.2) is 44.0 Å². The molecule has 0 fully saturated rings. The summed E-state index contributed by atoms with van der Waals surface area (Å²) >= 11 is 0. The number of amides is 1. The van der Waals surface area contributed by atoms with Gasteiger partial charge in [0, 0.05) is 27.1 Å². The molecule has 1 aromatic carbocycles. The monoisotopic (exact) mass is 538 g/mol. The summed E-state index contributed by atoms with van der Waals surface area (Å²) in [6, 6.07) is 8.28. The highest BCUT2D eigenvalue weighted by atomic mass is 127. The van der Waals surface area contributed by atoms with Crippen molar-refractivity contribution in [3.8, 4) is 0 Å². The van der Waals surface area contributed by atoms with Crippen LogP contribution in [0.25, 0.3) is 0 Å². The molecule has 2 aromatic rings. The van der Waals surface area contributed by atoms with Crippen LogP contribution in [0.3, 0.4) is 0 Å². The van der Waals surface area contributed by atoms with Gasteiger partial charge in [0.25, 0.3) is 0 Å². The number of nitrogens with one attached hydrogen (secondary N) is 2. The number of alkyl halides is 3. The van der Waals surface area contributed by atoms with Gasteiger partial charge in [0.2, 0.25) is 5.91 Å². The first-order valence-electron chi connectivity index (χ1n) is 9.11. The molecule has 0 bridgehead atoms. The van der Waals surface area contributed by atoms with E-state index >= 15 is 0 Å². The highest BCUT2D eigenvalue weighted by Crippen LogP contribution is 2.30. The SMILES string of the molecule is CC(NC(=NCC(=O)N(C)C)NCCc1ccco1)c1cccc(C(F)(F)F)c1.I. The normalized spacial score (nSPS) is 12.7. The van der Waals surface area contributed by atoms with Crippen molar-refractivity contribution >= 4 is 35.8 Å². The van der Waals surface area contributed by atoms with E-state index in [1.807, 2.05) is 6.07 Å². The van der Waals surface area contributed by atoms with E-state index < -0.39 is 17.8 Å². The average Bonchev–Trinajstić information content (AvgIpc) is 3.18. The molecule has 0 aliphatic carbocycles. The zero-order chi connectivity index (χ0) is 21.4. The van der Waals surface area contributed by atoms with Crippen LogP contribution in [0.2, 0.25) is 0 Å². The number of aliphatic imine (C=N–C) groups is 1. The number of furan rings is 1. The molecule has 10 heteroatoms. The number of carbonyl (C=O) groups is 1. The van der Waals surface area contributed by atoms with Gasteiger partial charge in [-0.3, -0.25) is 4.79 Å². The van der Waals surface area contributed by atoms with Gasteiger partial charge in [0.15, 0.2) is 5.96 Å². The molecular weight excluding hydrogens is 512 g/mol. The van der Waals surface area contributed by atoms with Gasteiger partial charge in [-0.15, -0.1) is 24.0 Å². The first-order valence-corrected chi connectivity index (χ1v) is 9.11. The minimum Gasteiger partial charge on any atom is -0.469 e. The molecule has 0 radical (unpaired) electrons. The zero-order valence-electron chi connectivity index (χ0n) is 17.0. The number of halogens is 4. The molecule has 1 atom stereocenters. The maximum Gasteiger partial charge on any atom is 0.416 e. The number of carbonyl (C=O) groups excluding carboxylic acids is 1. The Morgan fingerprint density at radius 1 is 1.23 bits per heavy atom.